The molecule has 1 aromatic rings. The molecule has 18 heavy (non-hydrogen) atoms. The van der Waals surface area contributed by atoms with Gasteiger partial charge in [-0.3, -0.25) is 9.59 Å². The third-order valence-corrected chi connectivity index (χ3v) is 2.29. The molecule has 0 bridgehead atoms. The van der Waals surface area contributed by atoms with Crippen LogP contribution in [0.3, 0.4) is 0 Å². The van der Waals surface area contributed by atoms with Crippen LogP contribution in [0.1, 0.15) is 56.3 Å². The minimum absolute atomic E-state index is 0.0547. The van der Waals surface area contributed by atoms with E-state index in [1.807, 2.05) is 6.92 Å². The molecule has 0 spiro atoms. The molecule has 0 amide bonds. The van der Waals surface area contributed by atoms with E-state index < -0.39 is 5.41 Å². The van der Waals surface area contributed by atoms with Gasteiger partial charge in [0.05, 0.1) is 5.41 Å². The Morgan fingerprint density at radius 3 is 2.61 bits per heavy atom. The fourth-order valence-electron chi connectivity index (χ4n) is 1.28. The first-order valence-corrected chi connectivity index (χ1v) is 5.99. The highest BCUT2D eigenvalue weighted by Crippen LogP contribution is 2.18. The van der Waals surface area contributed by atoms with Crippen molar-refractivity contribution in [1.29, 1.82) is 0 Å². The summed E-state index contributed by atoms with van der Waals surface area (Å²) in [5.74, 6) is 0.472. The number of esters is 1. The predicted molar refractivity (Wildman–Crippen MR) is 65.1 cm³/mol. The summed E-state index contributed by atoms with van der Waals surface area (Å²) in [5.41, 5.74) is -0.367. The van der Waals surface area contributed by atoms with Gasteiger partial charge in [0, 0.05) is 6.42 Å². The van der Waals surface area contributed by atoms with Crippen molar-refractivity contribution in [3.05, 3.63) is 17.3 Å². The second-order valence-electron chi connectivity index (χ2n) is 5.11. The molecule has 0 aromatic carbocycles. The lowest BCUT2D eigenvalue weighted by Crippen LogP contribution is -2.22. The van der Waals surface area contributed by atoms with Crippen LogP contribution in [0.5, 0.6) is 0 Å². The van der Waals surface area contributed by atoms with Crippen LogP contribution in [0, 0.1) is 5.41 Å². The highest BCUT2D eigenvalue weighted by molar-refractivity contribution is 5.76. The summed E-state index contributed by atoms with van der Waals surface area (Å²) in [6, 6.07) is 0. The number of hydrogen-bond acceptors (Lipinski definition) is 5. The van der Waals surface area contributed by atoms with Crippen LogP contribution in [0.4, 0.5) is 0 Å². The standard InChI is InChI=1S/C13H19NO4/c1-5-6-11-14-9(7-15)10(18-11)8-17-12(16)13(2,3)4/h7H,5-6,8H2,1-4H3. The molecule has 0 radical (unpaired) electrons. The van der Waals surface area contributed by atoms with E-state index in [1.165, 1.54) is 0 Å². The Labute approximate surface area is 107 Å². The number of rotatable bonds is 5. The van der Waals surface area contributed by atoms with E-state index in [9.17, 15) is 9.59 Å². The molecule has 5 nitrogen and oxygen atoms in total. The van der Waals surface area contributed by atoms with E-state index in [4.69, 9.17) is 9.15 Å². The van der Waals surface area contributed by atoms with Crippen LogP contribution in [-0.2, 0) is 22.6 Å². The van der Waals surface area contributed by atoms with Crippen LogP contribution >= 0.6 is 0 Å². The van der Waals surface area contributed by atoms with Crippen LogP contribution in [-0.4, -0.2) is 17.2 Å². The molecule has 0 saturated carbocycles. The SMILES string of the molecule is CCCc1nc(C=O)c(COC(=O)C(C)(C)C)o1. The molecule has 0 N–H and O–H groups in total. The topological polar surface area (TPSA) is 69.4 Å². The Bertz CT molecular complexity index is 429. The van der Waals surface area contributed by atoms with Crippen molar-refractivity contribution in [2.45, 2.75) is 47.1 Å². The quantitative estimate of drug-likeness (QED) is 0.595. The molecule has 100 valence electrons. The number of hydrogen-bond donors (Lipinski definition) is 0. The van der Waals surface area contributed by atoms with Gasteiger partial charge >= 0.3 is 5.97 Å². The van der Waals surface area contributed by atoms with Gasteiger partial charge in [0.15, 0.2) is 24.5 Å². The molecular weight excluding hydrogens is 234 g/mol. The van der Waals surface area contributed by atoms with Crippen molar-refractivity contribution in [2.75, 3.05) is 0 Å². The molecule has 0 fully saturated rings. The Kier molecular flexibility index (Phi) is 4.64. The molecule has 0 unspecified atom stereocenters. The van der Waals surface area contributed by atoms with Crippen molar-refractivity contribution in [3.8, 4) is 0 Å². The Balaban J connectivity index is 2.72. The molecule has 0 saturated heterocycles. The van der Waals surface area contributed by atoms with Crippen molar-refractivity contribution in [1.82, 2.24) is 4.98 Å². The summed E-state index contributed by atoms with van der Waals surface area (Å²) in [6.07, 6.45) is 2.15. The van der Waals surface area contributed by atoms with Gasteiger partial charge in [-0.15, -0.1) is 0 Å². The lowest BCUT2D eigenvalue weighted by molar-refractivity contribution is -0.154. The van der Waals surface area contributed by atoms with Crippen molar-refractivity contribution < 1.29 is 18.7 Å². The normalized spacial score (nSPS) is 11.3. The maximum absolute atomic E-state index is 11.6. The molecule has 0 aliphatic rings. The zero-order valence-electron chi connectivity index (χ0n) is 11.3. The number of aldehydes is 1. The molecule has 1 heterocycles. The number of carbonyl (C=O) groups excluding carboxylic acids is 2. The van der Waals surface area contributed by atoms with E-state index in [-0.39, 0.29) is 18.3 Å². The van der Waals surface area contributed by atoms with E-state index in [0.29, 0.717) is 24.4 Å². The molecule has 1 aromatic heterocycles. The van der Waals surface area contributed by atoms with Crippen LogP contribution in [0.15, 0.2) is 4.42 Å². The zero-order chi connectivity index (χ0) is 13.8. The Hall–Kier alpha value is -1.65. The molecule has 5 heteroatoms. The van der Waals surface area contributed by atoms with Crippen LogP contribution in [0.2, 0.25) is 0 Å². The van der Waals surface area contributed by atoms with Gasteiger partial charge in [0.1, 0.15) is 5.69 Å². The summed E-state index contributed by atoms with van der Waals surface area (Å²) >= 11 is 0. The van der Waals surface area contributed by atoms with Gasteiger partial charge in [-0.25, -0.2) is 4.98 Å². The monoisotopic (exact) mass is 253 g/mol. The number of aromatic nitrogens is 1. The average molecular weight is 253 g/mol. The van der Waals surface area contributed by atoms with Gasteiger partial charge in [-0.2, -0.15) is 0 Å². The number of nitrogens with zero attached hydrogens (tertiary/aromatic N) is 1. The molecule has 0 aliphatic heterocycles. The summed E-state index contributed by atoms with van der Waals surface area (Å²) in [4.78, 5) is 26.5. The molecule has 1 rings (SSSR count). The van der Waals surface area contributed by atoms with E-state index in [1.54, 1.807) is 20.8 Å². The number of oxazole rings is 1. The minimum atomic E-state index is -0.576. The van der Waals surface area contributed by atoms with Crippen molar-refractivity contribution in [2.24, 2.45) is 5.41 Å². The maximum atomic E-state index is 11.6. The fraction of sp³-hybridized carbons (Fsp3) is 0.615. The number of aryl methyl sites for hydroxylation is 1. The number of carbonyl (C=O) groups is 2. The third-order valence-electron chi connectivity index (χ3n) is 2.29. The maximum Gasteiger partial charge on any atom is 0.311 e. The lowest BCUT2D eigenvalue weighted by Gasteiger charge is -2.15. The molecule has 0 atom stereocenters. The summed E-state index contributed by atoms with van der Waals surface area (Å²) in [5, 5.41) is 0. The first-order chi connectivity index (χ1) is 8.38. The van der Waals surface area contributed by atoms with Gasteiger partial charge < -0.3 is 9.15 Å². The average Bonchev–Trinajstić information content (AvgIpc) is 2.67. The largest absolute Gasteiger partial charge is 0.457 e. The highest BCUT2D eigenvalue weighted by atomic mass is 16.5. The zero-order valence-corrected chi connectivity index (χ0v) is 11.3. The van der Waals surface area contributed by atoms with Gasteiger partial charge in [-0.05, 0) is 27.2 Å². The van der Waals surface area contributed by atoms with Crippen molar-refractivity contribution in [3.63, 3.8) is 0 Å². The summed E-state index contributed by atoms with van der Waals surface area (Å²) in [6.45, 7) is 7.22. The number of ether oxygens (including phenoxy) is 1. The highest BCUT2D eigenvalue weighted by Gasteiger charge is 2.24. The smallest absolute Gasteiger partial charge is 0.311 e. The summed E-state index contributed by atoms with van der Waals surface area (Å²) < 4.78 is 10.5. The van der Waals surface area contributed by atoms with Crippen LogP contribution in [0.25, 0.3) is 0 Å². The van der Waals surface area contributed by atoms with Gasteiger partial charge in [-0.1, -0.05) is 6.92 Å². The predicted octanol–water partition coefficient (Wildman–Crippen LogP) is 2.53. The minimum Gasteiger partial charge on any atom is -0.457 e. The van der Waals surface area contributed by atoms with E-state index in [0.717, 1.165) is 6.42 Å². The first-order valence-electron chi connectivity index (χ1n) is 5.99. The fourth-order valence-corrected chi connectivity index (χ4v) is 1.28. The van der Waals surface area contributed by atoms with Gasteiger partial charge in [0.25, 0.3) is 0 Å². The van der Waals surface area contributed by atoms with Gasteiger partial charge in [0.2, 0.25) is 0 Å². The molecular formula is C13H19NO4. The van der Waals surface area contributed by atoms with E-state index >= 15 is 0 Å². The van der Waals surface area contributed by atoms with Crippen LogP contribution < -0.4 is 0 Å². The molecule has 0 aliphatic carbocycles. The first kappa shape index (κ1) is 14.4. The second kappa shape index (κ2) is 5.80. The second-order valence-corrected chi connectivity index (χ2v) is 5.11. The van der Waals surface area contributed by atoms with E-state index in [2.05, 4.69) is 4.98 Å². The lowest BCUT2D eigenvalue weighted by atomic mass is 9.97. The Morgan fingerprint density at radius 1 is 1.44 bits per heavy atom. The van der Waals surface area contributed by atoms with Crippen molar-refractivity contribution >= 4 is 12.3 Å². The third kappa shape index (κ3) is 3.68. The Morgan fingerprint density at radius 2 is 2.11 bits per heavy atom. The summed E-state index contributed by atoms with van der Waals surface area (Å²) in [7, 11) is 0.